The summed E-state index contributed by atoms with van der Waals surface area (Å²) in [4.78, 5) is 41.4. The summed E-state index contributed by atoms with van der Waals surface area (Å²) in [6.45, 7) is 5.19. The van der Waals surface area contributed by atoms with E-state index in [-0.39, 0.29) is 24.5 Å². The van der Waals surface area contributed by atoms with Crippen LogP contribution in [0, 0.1) is 12.8 Å². The molecule has 2 aromatic carbocycles. The van der Waals surface area contributed by atoms with Gasteiger partial charge in [-0.15, -0.1) is 0 Å². The third-order valence-electron chi connectivity index (χ3n) is 6.54. The number of alkyl halides is 3. The number of amides is 3. The van der Waals surface area contributed by atoms with Gasteiger partial charge in [-0.3, -0.25) is 14.4 Å². The third kappa shape index (κ3) is 7.47. The minimum Gasteiger partial charge on any atom is -0.508 e. The summed E-state index contributed by atoms with van der Waals surface area (Å²) in [6.07, 6.45) is -4.40. The largest absolute Gasteiger partial charge is 0.508 e. The molecule has 11 heteroatoms. The number of phenolic OH excluding ortho intramolecular Hbond substituents is 1. The molecule has 0 aliphatic rings. The number of nitrogens with two attached hydrogens (primary N) is 2. The molecule has 3 amide bonds. The zero-order valence-electron chi connectivity index (χ0n) is 22.1. The molecule has 38 heavy (non-hydrogen) atoms. The van der Waals surface area contributed by atoms with Crippen LogP contribution in [0.5, 0.6) is 5.75 Å². The van der Waals surface area contributed by atoms with Crippen molar-refractivity contribution >= 4 is 17.7 Å². The summed E-state index contributed by atoms with van der Waals surface area (Å²) in [7, 11) is 2.86. The zero-order valence-corrected chi connectivity index (χ0v) is 22.1. The molecule has 0 saturated heterocycles. The van der Waals surface area contributed by atoms with Crippen LogP contribution < -0.4 is 11.5 Å². The number of aryl methyl sites for hydroxylation is 1. The van der Waals surface area contributed by atoms with Crippen LogP contribution in [0.15, 0.2) is 42.5 Å². The van der Waals surface area contributed by atoms with Crippen molar-refractivity contribution in [2.75, 3.05) is 14.1 Å². The topological polar surface area (TPSA) is 130 Å². The van der Waals surface area contributed by atoms with Crippen molar-refractivity contribution in [3.63, 3.8) is 0 Å². The molecule has 0 heterocycles. The van der Waals surface area contributed by atoms with E-state index in [4.69, 9.17) is 11.5 Å². The number of hydrogen-bond acceptors (Lipinski definition) is 5. The highest BCUT2D eigenvalue weighted by atomic mass is 19.4. The Balaban J connectivity index is 2.19. The Morgan fingerprint density at radius 1 is 0.921 bits per heavy atom. The number of carbonyl (C=O) groups is 3. The van der Waals surface area contributed by atoms with Crippen LogP contribution in [-0.2, 0) is 33.4 Å². The first kappa shape index (κ1) is 30.6. The number of rotatable bonds is 10. The molecule has 0 fully saturated rings. The predicted molar refractivity (Wildman–Crippen MR) is 137 cm³/mol. The van der Waals surface area contributed by atoms with Gasteiger partial charge in [0.15, 0.2) is 0 Å². The van der Waals surface area contributed by atoms with Gasteiger partial charge in [-0.25, -0.2) is 0 Å². The number of nitrogens with zero attached hydrogens (tertiary/aromatic N) is 2. The lowest BCUT2D eigenvalue weighted by Crippen LogP contribution is -2.58. The van der Waals surface area contributed by atoms with Crippen molar-refractivity contribution in [3.05, 3.63) is 64.7 Å². The first-order valence-corrected chi connectivity index (χ1v) is 12.1. The molecule has 5 N–H and O–H groups in total. The Morgan fingerprint density at radius 2 is 1.47 bits per heavy atom. The van der Waals surface area contributed by atoms with Gasteiger partial charge in [-0.1, -0.05) is 38.1 Å². The van der Waals surface area contributed by atoms with Crippen molar-refractivity contribution < 1.29 is 32.7 Å². The molecule has 8 nitrogen and oxygen atoms in total. The second-order valence-corrected chi connectivity index (χ2v) is 9.84. The molecule has 3 atom stereocenters. The fourth-order valence-electron chi connectivity index (χ4n) is 4.33. The number of benzene rings is 2. The molecule has 208 valence electrons. The molecule has 0 aromatic heterocycles. The molecule has 2 aromatic rings. The van der Waals surface area contributed by atoms with Gasteiger partial charge in [-0.05, 0) is 54.2 Å². The molecule has 0 saturated carbocycles. The van der Waals surface area contributed by atoms with E-state index in [1.807, 2.05) is 0 Å². The monoisotopic (exact) mass is 536 g/mol. The normalized spacial score (nSPS) is 14.1. The lowest BCUT2D eigenvalue weighted by molar-refractivity contribution is -0.149. The minimum absolute atomic E-state index is 0.0275. The zero-order chi connectivity index (χ0) is 28.9. The molecule has 0 aliphatic heterocycles. The standard InChI is InChI=1S/C27H35F3N4O4/c1-15(2)23(26(38)33(4)21(24(32)36)14-18-8-11-22(35)16(3)12-18)34(5)25(37)20(31)13-17-6-9-19(10-7-17)27(28,29)30/h6-12,15,20-21,23,35H,13-14,31H2,1-5H3,(H2,32,36)/t20?,21?,23-/m0/s1. The predicted octanol–water partition coefficient (Wildman–Crippen LogP) is 2.63. The number of primary amides is 1. The van der Waals surface area contributed by atoms with Gasteiger partial charge in [0.2, 0.25) is 17.7 Å². The summed E-state index contributed by atoms with van der Waals surface area (Å²) in [6, 6.07) is 6.08. The van der Waals surface area contributed by atoms with Crippen molar-refractivity contribution in [2.45, 2.75) is 57.9 Å². The van der Waals surface area contributed by atoms with Gasteiger partial charge in [0.05, 0.1) is 11.6 Å². The van der Waals surface area contributed by atoms with Gasteiger partial charge >= 0.3 is 6.18 Å². The molecule has 0 aliphatic carbocycles. The maximum atomic E-state index is 13.5. The van der Waals surface area contributed by atoms with Crippen molar-refractivity contribution in [3.8, 4) is 5.75 Å². The highest BCUT2D eigenvalue weighted by molar-refractivity contribution is 5.93. The number of likely N-dealkylation sites (N-methyl/N-ethyl adjacent to an activating group) is 2. The Kier molecular flexibility index (Phi) is 9.91. The molecule has 0 bridgehead atoms. The van der Waals surface area contributed by atoms with E-state index in [0.717, 1.165) is 12.1 Å². The number of hydrogen-bond donors (Lipinski definition) is 3. The van der Waals surface area contributed by atoms with Crippen molar-refractivity contribution in [1.29, 1.82) is 0 Å². The quantitative estimate of drug-likeness (QED) is 0.430. The minimum atomic E-state index is -4.47. The first-order valence-electron chi connectivity index (χ1n) is 12.1. The van der Waals surface area contributed by atoms with Crippen LogP contribution in [-0.4, -0.2) is 64.8 Å². The van der Waals surface area contributed by atoms with Crippen molar-refractivity contribution in [1.82, 2.24) is 9.80 Å². The molecular weight excluding hydrogens is 501 g/mol. The number of aromatic hydroxyl groups is 1. The Bertz CT molecular complexity index is 1150. The van der Waals surface area contributed by atoms with Gasteiger partial charge in [-0.2, -0.15) is 13.2 Å². The van der Waals surface area contributed by atoms with E-state index in [0.29, 0.717) is 16.7 Å². The highest BCUT2D eigenvalue weighted by Gasteiger charge is 2.37. The highest BCUT2D eigenvalue weighted by Crippen LogP contribution is 2.29. The number of carbonyl (C=O) groups excluding carboxylic acids is 3. The summed E-state index contributed by atoms with van der Waals surface area (Å²) >= 11 is 0. The van der Waals surface area contributed by atoms with Crippen LogP contribution in [0.3, 0.4) is 0 Å². The Hall–Kier alpha value is -3.60. The van der Waals surface area contributed by atoms with Gasteiger partial charge in [0.1, 0.15) is 17.8 Å². The maximum absolute atomic E-state index is 13.5. The summed E-state index contributed by atoms with van der Waals surface area (Å²) in [5, 5.41) is 9.76. The molecular formula is C27H35F3N4O4. The van der Waals surface area contributed by atoms with Gasteiger partial charge in [0, 0.05) is 20.5 Å². The average molecular weight is 537 g/mol. The summed E-state index contributed by atoms with van der Waals surface area (Å²) in [5.41, 5.74) is 12.6. The fraction of sp³-hybridized carbons (Fsp3) is 0.444. The van der Waals surface area contributed by atoms with E-state index in [2.05, 4.69) is 0 Å². The van der Waals surface area contributed by atoms with Gasteiger partial charge in [0.25, 0.3) is 0 Å². The lowest BCUT2D eigenvalue weighted by Gasteiger charge is -2.36. The summed E-state index contributed by atoms with van der Waals surface area (Å²) in [5.74, 6) is -2.09. The van der Waals surface area contributed by atoms with E-state index in [1.165, 1.54) is 42.1 Å². The first-order chi connectivity index (χ1) is 17.5. The maximum Gasteiger partial charge on any atom is 0.416 e. The lowest BCUT2D eigenvalue weighted by atomic mass is 9.97. The van der Waals surface area contributed by atoms with Crippen LogP contribution in [0.4, 0.5) is 13.2 Å². The second kappa shape index (κ2) is 12.3. The Labute approximate surface area is 220 Å². The van der Waals surface area contributed by atoms with E-state index < -0.39 is 47.6 Å². The van der Waals surface area contributed by atoms with E-state index in [1.54, 1.807) is 32.9 Å². The molecule has 2 rings (SSSR count). The van der Waals surface area contributed by atoms with Crippen LogP contribution in [0.2, 0.25) is 0 Å². The number of phenols is 1. The van der Waals surface area contributed by atoms with E-state index in [9.17, 15) is 32.7 Å². The third-order valence-corrected chi connectivity index (χ3v) is 6.54. The number of halogens is 3. The van der Waals surface area contributed by atoms with Crippen LogP contribution >= 0.6 is 0 Å². The Morgan fingerprint density at radius 3 is 1.95 bits per heavy atom. The van der Waals surface area contributed by atoms with Crippen LogP contribution in [0.1, 0.15) is 36.1 Å². The van der Waals surface area contributed by atoms with Crippen LogP contribution in [0.25, 0.3) is 0 Å². The summed E-state index contributed by atoms with van der Waals surface area (Å²) < 4.78 is 38.5. The van der Waals surface area contributed by atoms with E-state index >= 15 is 0 Å². The van der Waals surface area contributed by atoms with Crippen molar-refractivity contribution in [2.24, 2.45) is 17.4 Å². The molecule has 0 spiro atoms. The smallest absolute Gasteiger partial charge is 0.416 e. The van der Waals surface area contributed by atoms with Gasteiger partial charge < -0.3 is 26.4 Å². The molecule has 0 radical (unpaired) electrons. The molecule has 2 unspecified atom stereocenters. The second-order valence-electron chi connectivity index (χ2n) is 9.84. The SMILES string of the molecule is Cc1cc(CC(C(N)=O)N(C)C(=O)[C@H](C(C)C)N(C)C(=O)C(N)Cc2ccc(C(F)(F)F)cc2)ccc1O. The average Bonchev–Trinajstić information content (AvgIpc) is 2.83. The fourth-order valence-corrected chi connectivity index (χ4v) is 4.33.